The van der Waals surface area contributed by atoms with E-state index >= 15 is 0 Å². The van der Waals surface area contributed by atoms with Crippen LogP contribution in [0.4, 0.5) is 0 Å². The lowest BCUT2D eigenvalue weighted by Crippen LogP contribution is -2.39. The molecule has 0 aliphatic carbocycles. The average molecular weight is 341 g/mol. The van der Waals surface area contributed by atoms with Gasteiger partial charge >= 0.3 is 5.97 Å². The molecule has 0 radical (unpaired) electrons. The van der Waals surface area contributed by atoms with Gasteiger partial charge in [0.05, 0.1) is 5.69 Å². The summed E-state index contributed by atoms with van der Waals surface area (Å²) in [5, 5.41) is 13.4. The van der Waals surface area contributed by atoms with Crippen molar-refractivity contribution < 1.29 is 14.7 Å². The quantitative estimate of drug-likeness (QED) is 0.928. The number of likely N-dealkylation sites (tertiary alicyclic amines) is 1. The van der Waals surface area contributed by atoms with Gasteiger partial charge in [-0.15, -0.1) is 0 Å². The van der Waals surface area contributed by atoms with Crippen LogP contribution >= 0.6 is 0 Å². The van der Waals surface area contributed by atoms with Crippen molar-refractivity contribution in [2.75, 3.05) is 13.1 Å². The summed E-state index contributed by atoms with van der Waals surface area (Å²) in [5.41, 5.74) is 3.46. The number of rotatable bonds is 4. The molecule has 2 heterocycles. The van der Waals surface area contributed by atoms with Crippen molar-refractivity contribution >= 4 is 11.9 Å². The van der Waals surface area contributed by atoms with E-state index in [-0.39, 0.29) is 18.2 Å². The Morgan fingerprint density at radius 1 is 1.16 bits per heavy atom. The molecule has 6 nitrogen and oxygen atoms in total. The molecule has 0 atom stereocenters. The molecule has 0 spiro atoms. The zero-order chi connectivity index (χ0) is 18.0. The van der Waals surface area contributed by atoms with Crippen LogP contribution in [0.2, 0.25) is 0 Å². The first-order chi connectivity index (χ1) is 11.9. The maximum Gasteiger partial charge on any atom is 0.303 e. The van der Waals surface area contributed by atoms with Gasteiger partial charge in [-0.3, -0.25) is 9.59 Å². The first-order valence-corrected chi connectivity index (χ1v) is 8.59. The number of piperidine rings is 1. The lowest BCUT2D eigenvalue weighted by Gasteiger charge is -2.30. The number of hydrogen-bond donors (Lipinski definition) is 1. The fourth-order valence-corrected chi connectivity index (χ4v) is 3.28. The summed E-state index contributed by atoms with van der Waals surface area (Å²) in [7, 11) is 0. The van der Waals surface area contributed by atoms with E-state index in [0.717, 1.165) is 24.2 Å². The molecule has 1 N–H and O–H groups in total. The lowest BCUT2D eigenvalue weighted by atomic mass is 9.93. The Kier molecular flexibility index (Phi) is 4.88. The predicted octanol–water partition coefficient (Wildman–Crippen LogP) is 2.82. The Morgan fingerprint density at radius 2 is 1.80 bits per heavy atom. The number of nitrogens with zero attached hydrogens (tertiary/aromatic N) is 3. The predicted molar refractivity (Wildman–Crippen MR) is 93.9 cm³/mol. The third-order valence-corrected chi connectivity index (χ3v) is 4.75. The van der Waals surface area contributed by atoms with E-state index in [1.165, 1.54) is 5.56 Å². The molecular formula is C19H23N3O3. The molecule has 0 saturated carbocycles. The van der Waals surface area contributed by atoms with Gasteiger partial charge in [-0.05, 0) is 50.8 Å². The molecule has 2 aromatic rings. The Labute approximate surface area is 147 Å². The van der Waals surface area contributed by atoms with E-state index in [9.17, 15) is 9.59 Å². The Bertz CT molecular complexity index is 772. The molecule has 1 aromatic carbocycles. The van der Waals surface area contributed by atoms with E-state index in [1.807, 2.05) is 44.2 Å². The van der Waals surface area contributed by atoms with E-state index in [4.69, 9.17) is 5.11 Å². The van der Waals surface area contributed by atoms with Crippen molar-refractivity contribution in [1.82, 2.24) is 14.7 Å². The highest BCUT2D eigenvalue weighted by atomic mass is 16.4. The van der Waals surface area contributed by atoms with Gasteiger partial charge in [0.1, 0.15) is 0 Å². The highest BCUT2D eigenvalue weighted by Gasteiger charge is 2.26. The van der Waals surface area contributed by atoms with Crippen LogP contribution in [0.15, 0.2) is 30.3 Å². The van der Waals surface area contributed by atoms with Gasteiger partial charge in [-0.25, -0.2) is 4.68 Å². The van der Waals surface area contributed by atoms with Crippen LogP contribution in [-0.2, 0) is 4.79 Å². The highest BCUT2D eigenvalue weighted by molar-refractivity contribution is 5.92. The second kappa shape index (κ2) is 7.09. The molecule has 1 aliphatic rings. The molecule has 1 amide bonds. The van der Waals surface area contributed by atoms with Gasteiger partial charge in [0.25, 0.3) is 5.91 Å². The lowest BCUT2D eigenvalue weighted by molar-refractivity contribution is -0.138. The molecule has 3 rings (SSSR count). The molecule has 1 aliphatic heterocycles. The molecule has 25 heavy (non-hydrogen) atoms. The zero-order valence-corrected chi connectivity index (χ0v) is 14.6. The van der Waals surface area contributed by atoms with Gasteiger partial charge in [-0.2, -0.15) is 5.10 Å². The molecular weight excluding hydrogens is 318 g/mol. The van der Waals surface area contributed by atoms with E-state index in [2.05, 4.69) is 5.10 Å². The molecule has 1 fully saturated rings. The number of benzene rings is 1. The summed E-state index contributed by atoms with van der Waals surface area (Å²) in [6.07, 6.45) is 1.65. The van der Waals surface area contributed by atoms with Crippen molar-refractivity contribution in [2.24, 2.45) is 5.92 Å². The van der Waals surface area contributed by atoms with Gasteiger partial charge in [0.2, 0.25) is 0 Å². The number of carbonyl (C=O) groups is 2. The fourth-order valence-electron chi connectivity index (χ4n) is 3.28. The van der Waals surface area contributed by atoms with Crippen LogP contribution in [0.3, 0.4) is 0 Å². The van der Waals surface area contributed by atoms with Crippen LogP contribution in [0.5, 0.6) is 0 Å². The second-order valence-corrected chi connectivity index (χ2v) is 6.75. The maximum absolute atomic E-state index is 12.7. The molecule has 6 heteroatoms. The third-order valence-electron chi connectivity index (χ3n) is 4.75. The summed E-state index contributed by atoms with van der Waals surface area (Å²) in [6.45, 7) is 5.14. The van der Waals surface area contributed by atoms with Crippen LogP contribution < -0.4 is 0 Å². The SMILES string of the molecule is Cc1ccc(-n2nc(C(=O)N3CCC(CC(=O)O)CC3)cc2C)cc1. The minimum atomic E-state index is -0.766. The Morgan fingerprint density at radius 3 is 2.40 bits per heavy atom. The van der Waals surface area contributed by atoms with Gasteiger partial charge in [0.15, 0.2) is 5.69 Å². The Hall–Kier alpha value is -2.63. The normalized spacial score (nSPS) is 15.4. The molecule has 0 bridgehead atoms. The number of carbonyl (C=O) groups excluding carboxylic acids is 1. The van der Waals surface area contributed by atoms with Crippen LogP contribution in [0, 0.1) is 19.8 Å². The van der Waals surface area contributed by atoms with Crippen molar-refractivity contribution in [3.05, 3.63) is 47.3 Å². The number of aromatic nitrogens is 2. The van der Waals surface area contributed by atoms with Crippen LogP contribution in [-0.4, -0.2) is 44.8 Å². The number of hydrogen-bond acceptors (Lipinski definition) is 3. The smallest absolute Gasteiger partial charge is 0.303 e. The minimum Gasteiger partial charge on any atom is -0.481 e. The van der Waals surface area contributed by atoms with Gasteiger partial charge in [-0.1, -0.05) is 17.7 Å². The van der Waals surface area contributed by atoms with E-state index < -0.39 is 5.97 Å². The Balaban J connectivity index is 1.70. The van der Waals surface area contributed by atoms with E-state index in [1.54, 1.807) is 9.58 Å². The number of amides is 1. The summed E-state index contributed by atoms with van der Waals surface area (Å²) in [4.78, 5) is 25.3. The topological polar surface area (TPSA) is 75.4 Å². The highest BCUT2D eigenvalue weighted by Crippen LogP contribution is 2.22. The zero-order valence-electron chi connectivity index (χ0n) is 14.6. The van der Waals surface area contributed by atoms with Crippen LogP contribution in [0.25, 0.3) is 5.69 Å². The summed E-state index contributed by atoms with van der Waals surface area (Å²) < 4.78 is 1.78. The standard InChI is InChI=1S/C19H23N3O3/c1-13-3-5-16(6-4-13)22-14(2)11-17(20-22)19(25)21-9-7-15(8-10-21)12-18(23)24/h3-6,11,15H,7-10,12H2,1-2H3,(H,23,24). The molecule has 1 aromatic heterocycles. The molecule has 132 valence electrons. The number of carboxylic acids is 1. The van der Waals surface area contributed by atoms with E-state index in [0.29, 0.717) is 18.8 Å². The van der Waals surface area contributed by atoms with Crippen LogP contribution in [0.1, 0.15) is 41.0 Å². The minimum absolute atomic E-state index is 0.0808. The maximum atomic E-state index is 12.7. The van der Waals surface area contributed by atoms with Gasteiger partial charge < -0.3 is 10.0 Å². The second-order valence-electron chi connectivity index (χ2n) is 6.75. The largest absolute Gasteiger partial charge is 0.481 e. The first-order valence-electron chi connectivity index (χ1n) is 8.59. The summed E-state index contributed by atoms with van der Waals surface area (Å²) >= 11 is 0. The molecule has 0 unspecified atom stereocenters. The number of aliphatic carboxylic acids is 1. The first kappa shape index (κ1) is 17.2. The van der Waals surface area contributed by atoms with Crippen molar-refractivity contribution in [1.29, 1.82) is 0 Å². The van der Waals surface area contributed by atoms with Gasteiger partial charge in [0, 0.05) is 25.2 Å². The number of carboxylic acid groups (broad SMARTS) is 1. The van der Waals surface area contributed by atoms with Crippen molar-refractivity contribution in [3.8, 4) is 5.69 Å². The van der Waals surface area contributed by atoms with Crippen molar-refractivity contribution in [2.45, 2.75) is 33.1 Å². The van der Waals surface area contributed by atoms with Crippen molar-refractivity contribution in [3.63, 3.8) is 0 Å². The molecule has 1 saturated heterocycles. The summed E-state index contributed by atoms with van der Waals surface area (Å²) in [6, 6.07) is 9.82. The monoisotopic (exact) mass is 341 g/mol. The average Bonchev–Trinajstić information content (AvgIpc) is 2.97. The fraction of sp³-hybridized carbons (Fsp3) is 0.421. The number of aryl methyl sites for hydroxylation is 2. The summed E-state index contributed by atoms with van der Waals surface area (Å²) in [5.74, 6) is -0.687. The third kappa shape index (κ3) is 3.90.